The molecule has 156 valence electrons. The zero-order chi connectivity index (χ0) is 21.4. The maximum absolute atomic E-state index is 13.7. The second-order valence-electron chi connectivity index (χ2n) is 7.25. The monoisotopic (exact) mass is 412 g/mol. The number of benzene rings is 2. The molecule has 0 unspecified atom stereocenters. The number of halogens is 1. The third-order valence-corrected chi connectivity index (χ3v) is 5.20. The van der Waals surface area contributed by atoms with Gasteiger partial charge in [-0.2, -0.15) is 0 Å². The summed E-state index contributed by atoms with van der Waals surface area (Å²) in [5, 5.41) is 15.5. The molecule has 2 aromatic carbocycles. The number of carbonyl (C=O) groups excluding carboxylic acids is 2. The third kappa shape index (κ3) is 3.55. The lowest BCUT2D eigenvalue weighted by Gasteiger charge is -2.19. The summed E-state index contributed by atoms with van der Waals surface area (Å²) in [5.41, 5.74) is 3.86. The highest BCUT2D eigenvalue weighted by molar-refractivity contribution is 6.36. The summed E-state index contributed by atoms with van der Waals surface area (Å²) in [6, 6.07) is 8.89. The molecular formula is C22H21FN2O5. The molecule has 2 aromatic rings. The van der Waals surface area contributed by atoms with Crippen LogP contribution in [0.2, 0.25) is 0 Å². The Hall–Kier alpha value is -3.23. The van der Waals surface area contributed by atoms with Crippen LogP contribution in [-0.4, -0.2) is 36.2 Å². The standard InChI is InChI=1S/C22H21FN2O5/c1-11(26)19(22(28)29-2)24-9-12-3-5-15-13(7-12)10-30-20(15)18-16-8-14(23)4-6-17(16)25-21(18)27/h3-8,11,19,24,26H,9-10H2,1-2H3,(H,25,27)/b20-18+/t11-,19+/m1/s1. The fourth-order valence-electron chi connectivity index (χ4n) is 3.70. The van der Waals surface area contributed by atoms with E-state index in [0.717, 1.165) is 16.7 Å². The van der Waals surface area contributed by atoms with E-state index in [9.17, 15) is 19.1 Å². The minimum Gasteiger partial charge on any atom is -0.487 e. The van der Waals surface area contributed by atoms with Gasteiger partial charge in [0.25, 0.3) is 5.91 Å². The third-order valence-electron chi connectivity index (χ3n) is 5.20. The lowest BCUT2D eigenvalue weighted by atomic mass is 9.99. The predicted molar refractivity (Wildman–Crippen MR) is 107 cm³/mol. The molecule has 0 fully saturated rings. The minimum atomic E-state index is -0.909. The van der Waals surface area contributed by atoms with Crippen LogP contribution in [0.15, 0.2) is 36.4 Å². The van der Waals surface area contributed by atoms with E-state index in [1.165, 1.54) is 32.2 Å². The Morgan fingerprint density at radius 1 is 1.30 bits per heavy atom. The lowest BCUT2D eigenvalue weighted by molar-refractivity contribution is -0.145. The second kappa shape index (κ2) is 7.89. The van der Waals surface area contributed by atoms with E-state index in [1.807, 2.05) is 18.2 Å². The van der Waals surface area contributed by atoms with Crippen LogP contribution in [-0.2, 0) is 32.2 Å². The lowest BCUT2D eigenvalue weighted by Crippen LogP contribution is -2.45. The van der Waals surface area contributed by atoms with Crippen molar-refractivity contribution in [1.82, 2.24) is 5.32 Å². The maximum atomic E-state index is 13.7. The summed E-state index contributed by atoms with van der Waals surface area (Å²) in [4.78, 5) is 24.3. The fourth-order valence-corrected chi connectivity index (χ4v) is 3.70. The molecule has 0 saturated heterocycles. The minimum absolute atomic E-state index is 0.275. The van der Waals surface area contributed by atoms with Gasteiger partial charge in [-0.05, 0) is 30.7 Å². The zero-order valence-corrected chi connectivity index (χ0v) is 16.5. The number of hydrogen-bond acceptors (Lipinski definition) is 6. The van der Waals surface area contributed by atoms with Crippen molar-refractivity contribution in [1.29, 1.82) is 0 Å². The predicted octanol–water partition coefficient (Wildman–Crippen LogP) is 2.19. The summed E-state index contributed by atoms with van der Waals surface area (Å²) < 4.78 is 24.2. The van der Waals surface area contributed by atoms with Crippen LogP contribution in [0, 0.1) is 5.82 Å². The van der Waals surface area contributed by atoms with Gasteiger partial charge in [-0.15, -0.1) is 0 Å². The number of anilines is 1. The molecule has 0 radical (unpaired) electrons. The number of aliphatic hydroxyl groups excluding tert-OH is 1. The summed E-state index contributed by atoms with van der Waals surface area (Å²) >= 11 is 0. The first kappa shape index (κ1) is 20.1. The number of rotatable bonds is 5. The molecule has 7 nitrogen and oxygen atoms in total. The number of methoxy groups -OCH3 is 1. The largest absolute Gasteiger partial charge is 0.487 e. The second-order valence-corrected chi connectivity index (χ2v) is 7.25. The van der Waals surface area contributed by atoms with E-state index in [1.54, 1.807) is 0 Å². The highest BCUT2D eigenvalue weighted by Crippen LogP contribution is 2.41. The first-order valence-electron chi connectivity index (χ1n) is 9.49. The van der Waals surface area contributed by atoms with Gasteiger partial charge < -0.3 is 19.9 Å². The summed E-state index contributed by atoms with van der Waals surface area (Å²) in [6.07, 6.45) is -0.909. The van der Waals surface area contributed by atoms with E-state index >= 15 is 0 Å². The summed E-state index contributed by atoms with van der Waals surface area (Å²) in [6.45, 7) is 2.12. The smallest absolute Gasteiger partial charge is 0.325 e. The highest BCUT2D eigenvalue weighted by atomic mass is 19.1. The molecule has 0 aromatic heterocycles. The topological polar surface area (TPSA) is 96.9 Å². The average molecular weight is 412 g/mol. The van der Waals surface area contributed by atoms with Gasteiger partial charge in [0, 0.05) is 28.9 Å². The molecule has 0 spiro atoms. The van der Waals surface area contributed by atoms with Crippen molar-refractivity contribution in [2.45, 2.75) is 32.2 Å². The number of esters is 1. The van der Waals surface area contributed by atoms with Crippen LogP contribution in [0.1, 0.15) is 29.2 Å². The van der Waals surface area contributed by atoms with Gasteiger partial charge in [0.05, 0.1) is 18.8 Å². The van der Waals surface area contributed by atoms with Crippen LogP contribution < -0.4 is 10.6 Å². The van der Waals surface area contributed by atoms with Gasteiger partial charge in [0.1, 0.15) is 24.2 Å². The van der Waals surface area contributed by atoms with Gasteiger partial charge in [0.2, 0.25) is 0 Å². The number of aliphatic hydroxyl groups is 1. The van der Waals surface area contributed by atoms with Crippen molar-refractivity contribution in [2.24, 2.45) is 0 Å². The molecule has 0 saturated carbocycles. The molecule has 4 rings (SSSR count). The van der Waals surface area contributed by atoms with E-state index in [-0.39, 0.29) is 12.5 Å². The molecule has 3 N–H and O–H groups in total. The van der Waals surface area contributed by atoms with Crippen molar-refractivity contribution in [2.75, 3.05) is 12.4 Å². The van der Waals surface area contributed by atoms with Gasteiger partial charge in [0.15, 0.2) is 0 Å². The molecule has 2 atom stereocenters. The van der Waals surface area contributed by atoms with Crippen LogP contribution in [0.25, 0.3) is 11.3 Å². The van der Waals surface area contributed by atoms with Crippen molar-refractivity contribution in [3.8, 4) is 0 Å². The molecule has 2 aliphatic heterocycles. The van der Waals surface area contributed by atoms with Crippen LogP contribution in [0.5, 0.6) is 0 Å². The first-order valence-corrected chi connectivity index (χ1v) is 9.49. The molecule has 2 aliphatic rings. The molecular weight excluding hydrogens is 391 g/mol. The van der Waals surface area contributed by atoms with Crippen LogP contribution in [0.4, 0.5) is 10.1 Å². The molecule has 0 aliphatic carbocycles. The van der Waals surface area contributed by atoms with Gasteiger partial charge in [-0.1, -0.05) is 18.2 Å². The maximum Gasteiger partial charge on any atom is 0.325 e. The van der Waals surface area contributed by atoms with Crippen molar-refractivity contribution >= 4 is 28.9 Å². The number of hydrogen-bond donors (Lipinski definition) is 3. The van der Waals surface area contributed by atoms with Gasteiger partial charge >= 0.3 is 5.97 Å². The van der Waals surface area contributed by atoms with Crippen molar-refractivity contribution < 1.29 is 28.6 Å². The van der Waals surface area contributed by atoms with E-state index < -0.39 is 23.9 Å². The Bertz CT molecular complexity index is 1060. The van der Waals surface area contributed by atoms with Gasteiger partial charge in [-0.25, -0.2) is 4.39 Å². The zero-order valence-electron chi connectivity index (χ0n) is 16.5. The number of carbonyl (C=O) groups is 2. The van der Waals surface area contributed by atoms with Crippen molar-refractivity contribution in [3.05, 3.63) is 64.5 Å². The Morgan fingerprint density at radius 3 is 2.83 bits per heavy atom. The first-order chi connectivity index (χ1) is 14.4. The Morgan fingerprint density at radius 2 is 2.10 bits per heavy atom. The Kier molecular flexibility index (Phi) is 5.27. The van der Waals surface area contributed by atoms with Crippen LogP contribution >= 0.6 is 0 Å². The van der Waals surface area contributed by atoms with Gasteiger partial charge in [-0.3, -0.25) is 14.9 Å². The quantitative estimate of drug-likeness (QED) is 0.515. The summed E-state index contributed by atoms with van der Waals surface area (Å²) in [5.74, 6) is -0.884. The summed E-state index contributed by atoms with van der Waals surface area (Å²) in [7, 11) is 1.27. The van der Waals surface area contributed by atoms with E-state index in [2.05, 4.69) is 10.6 Å². The highest BCUT2D eigenvalue weighted by Gasteiger charge is 2.33. The molecule has 8 heteroatoms. The molecule has 0 bridgehead atoms. The number of ether oxygens (including phenoxy) is 2. The van der Waals surface area contributed by atoms with Crippen molar-refractivity contribution in [3.63, 3.8) is 0 Å². The molecule has 2 heterocycles. The molecule has 1 amide bonds. The number of nitrogens with one attached hydrogen (secondary N) is 2. The van der Waals surface area contributed by atoms with E-state index in [4.69, 9.17) is 9.47 Å². The fraction of sp³-hybridized carbons (Fsp3) is 0.273. The number of fused-ring (bicyclic) bond motifs is 2. The number of amides is 1. The van der Waals surface area contributed by atoms with E-state index in [0.29, 0.717) is 29.1 Å². The Labute approximate surface area is 172 Å². The Balaban J connectivity index is 1.61. The average Bonchev–Trinajstić information content (AvgIpc) is 3.26. The molecule has 30 heavy (non-hydrogen) atoms. The SMILES string of the molecule is COC(=O)[C@@H](NCc1ccc2c(c1)CO/C2=C1/C(=O)Nc2ccc(F)cc21)[C@@H](C)O. The van der Waals surface area contributed by atoms with Crippen LogP contribution in [0.3, 0.4) is 0 Å². The normalized spacial score (nSPS) is 18.9.